The largest absolute Gasteiger partial charge is 0.394 e. The molecule has 2 unspecified atom stereocenters. The molecule has 4 N–H and O–H groups in total. The van der Waals surface area contributed by atoms with E-state index in [1.54, 1.807) is 6.08 Å². The minimum Gasteiger partial charge on any atom is -0.394 e. The summed E-state index contributed by atoms with van der Waals surface area (Å²) in [4.78, 5) is 24.0. The average Bonchev–Trinajstić information content (AvgIpc) is 3.02. The van der Waals surface area contributed by atoms with Gasteiger partial charge in [-0.2, -0.15) is 0 Å². The van der Waals surface area contributed by atoms with Gasteiger partial charge in [-0.15, -0.1) is 0 Å². The number of nitrogens with one attached hydrogen (secondary N) is 1. The molecule has 0 aliphatic carbocycles. The van der Waals surface area contributed by atoms with E-state index in [-0.39, 0.29) is 11.7 Å². The maximum Gasteiger partial charge on any atom is 0.220 e. The van der Waals surface area contributed by atoms with Gasteiger partial charge in [-0.05, 0) is 44.6 Å². The molecule has 0 aliphatic rings. The molecule has 0 aliphatic heterocycles. The molecule has 1 amide bonds. The number of allylic oxidation sites excluding steroid dienone is 8. The number of aliphatic hydroxyl groups excluding tert-OH is 3. The van der Waals surface area contributed by atoms with E-state index in [0.29, 0.717) is 25.7 Å². The minimum atomic E-state index is -1.17. The van der Waals surface area contributed by atoms with E-state index in [1.165, 1.54) is 57.8 Å². The number of aliphatic hydroxyl groups is 3. The van der Waals surface area contributed by atoms with Crippen molar-refractivity contribution < 1.29 is 24.9 Å². The lowest BCUT2D eigenvalue weighted by atomic mass is 9.99. The van der Waals surface area contributed by atoms with Gasteiger partial charge in [-0.25, -0.2) is 0 Å². The highest BCUT2D eigenvalue weighted by Gasteiger charge is 2.26. The molecule has 0 fully saturated rings. The second-order valence-corrected chi connectivity index (χ2v) is 12.1. The molecule has 0 aromatic carbocycles. The highest BCUT2D eigenvalue weighted by molar-refractivity contribution is 5.89. The van der Waals surface area contributed by atoms with Crippen molar-refractivity contribution >= 4 is 11.7 Å². The summed E-state index contributed by atoms with van der Waals surface area (Å²) in [5.41, 5.74) is 0. The Labute approximate surface area is 270 Å². The van der Waals surface area contributed by atoms with Crippen LogP contribution in [0.4, 0.5) is 0 Å². The summed E-state index contributed by atoms with van der Waals surface area (Å²) in [5.74, 6) is -0.0384. The zero-order valence-electron chi connectivity index (χ0n) is 28.3. The maximum atomic E-state index is 12.3. The Morgan fingerprint density at radius 3 is 1.80 bits per heavy atom. The van der Waals surface area contributed by atoms with Crippen molar-refractivity contribution in [2.24, 2.45) is 0 Å². The number of hydrogen-bond acceptors (Lipinski definition) is 5. The van der Waals surface area contributed by atoms with Gasteiger partial charge in [0.15, 0.2) is 5.78 Å². The van der Waals surface area contributed by atoms with Gasteiger partial charge in [0.05, 0.1) is 18.8 Å². The lowest BCUT2D eigenvalue weighted by Crippen LogP contribution is -2.50. The first-order valence-corrected chi connectivity index (χ1v) is 17.9. The van der Waals surface area contributed by atoms with E-state index in [1.807, 2.05) is 18.2 Å². The van der Waals surface area contributed by atoms with Crippen molar-refractivity contribution in [2.45, 2.75) is 173 Å². The molecule has 0 bridgehead atoms. The molecule has 44 heavy (non-hydrogen) atoms. The zero-order valence-corrected chi connectivity index (χ0v) is 28.3. The minimum absolute atomic E-state index is 0.186. The van der Waals surface area contributed by atoms with E-state index >= 15 is 0 Å². The number of carbonyl (C=O) groups excluding carboxylic acids is 2. The summed E-state index contributed by atoms with van der Waals surface area (Å²) in [6.45, 7) is 3.97. The number of unbranched alkanes of at least 4 members (excludes halogenated alkanes) is 14. The fourth-order valence-corrected chi connectivity index (χ4v) is 5.05. The normalized spacial score (nSPS) is 14.3. The van der Waals surface area contributed by atoms with E-state index < -0.39 is 24.9 Å². The van der Waals surface area contributed by atoms with Gasteiger partial charge in [0, 0.05) is 12.8 Å². The SMILES string of the molecule is CCCCCCCCCCCCCCC(O)C(O)[C@H](CO)NC(=O)CCC/C=C\C/C=C\C/C=C\C=C\C(=O)CCCCC. The molecule has 0 aromatic heterocycles. The van der Waals surface area contributed by atoms with Gasteiger partial charge in [-0.1, -0.05) is 146 Å². The van der Waals surface area contributed by atoms with Crippen LogP contribution < -0.4 is 5.32 Å². The summed E-state index contributed by atoms with van der Waals surface area (Å²) in [5, 5.41) is 33.2. The molecule has 0 rings (SSSR count). The van der Waals surface area contributed by atoms with Crippen LogP contribution in [-0.4, -0.2) is 51.9 Å². The number of amides is 1. The predicted octanol–water partition coefficient (Wildman–Crippen LogP) is 8.60. The van der Waals surface area contributed by atoms with Crippen LogP contribution in [-0.2, 0) is 9.59 Å². The van der Waals surface area contributed by atoms with Crippen LogP contribution in [0.2, 0.25) is 0 Å². The molecule has 0 spiro atoms. The average molecular weight is 618 g/mol. The second kappa shape index (κ2) is 32.4. The molecule has 254 valence electrons. The first-order chi connectivity index (χ1) is 21.5. The molecule has 0 saturated heterocycles. The van der Waals surface area contributed by atoms with E-state index in [9.17, 15) is 24.9 Å². The van der Waals surface area contributed by atoms with Gasteiger partial charge in [0.1, 0.15) is 6.10 Å². The predicted molar refractivity (Wildman–Crippen MR) is 186 cm³/mol. The molecule has 0 saturated carbocycles. The third kappa shape index (κ3) is 27.5. The standard InChI is InChI=1S/C38H67NO5/c1-3-5-7-8-9-10-11-14-17-20-23-27-31-36(42)38(44)35(33-40)39-37(43)32-28-24-21-18-15-12-13-16-19-22-26-30-34(41)29-25-6-4-2/h12-13,18-19,21-22,26,30,35-36,38,40,42,44H,3-11,14-17,20,23-25,27-29,31-33H2,1-2H3,(H,39,43)/b13-12-,21-18-,22-19-,30-26+/t35-,36?,38?/m0/s1. The fraction of sp³-hybridized carbons (Fsp3) is 0.737. The van der Waals surface area contributed by atoms with E-state index in [2.05, 4.69) is 43.5 Å². The number of carbonyl (C=O) groups is 2. The van der Waals surface area contributed by atoms with Crippen molar-refractivity contribution in [3.8, 4) is 0 Å². The Bertz CT molecular complexity index is 788. The first kappa shape index (κ1) is 42.0. The Morgan fingerprint density at radius 2 is 1.18 bits per heavy atom. The van der Waals surface area contributed by atoms with Crippen molar-refractivity contribution in [3.63, 3.8) is 0 Å². The van der Waals surface area contributed by atoms with Crippen molar-refractivity contribution in [1.82, 2.24) is 5.32 Å². The summed E-state index contributed by atoms with van der Waals surface area (Å²) >= 11 is 0. The van der Waals surface area contributed by atoms with Crippen LogP contribution in [0.15, 0.2) is 48.6 Å². The van der Waals surface area contributed by atoms with Gasteiger partial charge < -0.3 is 20.6 Å². The lowest BCUT2D eigenvalue weighted by Gasteiger charge is -2.26. The Balaban J connectivity index is 3.90. The molecule has 0 aromatic rings. The fourth-order valence-electron chi connectivity index (χ4n) is 5.05. The lowest BCUT2D eigenvalue weighted by molar-refractivity contribution is -0.124. The smallest absolute Gasteiger partial charge is 0.220 e. The molecule has 3 atom stereocenters. The van der Waals surface area contributed by atoms with Crippen LogP contribution in [0.25, 0.3) is 0 Å². The molecule has 6 heteroatoms. The molecule has 0 heterocycles. The first-order valence-electron chi connectivity index (χ1n) is 17.9. The molecular weight excluding hydrogens is 550 g/mol. The molecular formula is C38H67NO5. The summed E-state index contributed by atoms with van der Waals surface area (Å²) < 4.78 is 0. The van der Waals surface area contributed by atoms with Crippen LogP contribution in [0.5, 0.6) is 0 Å². The summed E-state index contributed by atoms with van der Waals surface area (Å²) in [6, 6.07) is -0.855. The monoisotopic (exact) mass is 618 g/mol. The number of ketones is 1. The third-order valence-corrected chi connectivity index (χ3v) is 7.91. The van der Waals surface area contributed by atoms with Crippen molar-refractivity contribution in [2.75, 3.05) is 6.61 Å². The highest BCUT2D eigenvalue weighted by Crippen LogP contribution is 2.15. The van der Waals surface area contributed by atoms with Crippen molar-refractivity contribution in [3.05, 3.63) is 48.6 Å². The molecule has 6 nitrogen and oxygen atoms in total. The summed E-state index contributed by atoms with van der Waals surface area (Å²) in [7, 11) is 0. The highest BCUT2D eigenvalue weighted by atomic mass is 16.3. The maximum absolute atomic E-state index is 12.3. The number of rotatable bonds is 31. The quantitative estimate of drug-likeness (QED) is 0.0270. The van der Waals surface area contributed by atoms with Crippen LogP contribution >= 0.6 is 0 Å². The van der Waals surface area contributed by atoms with E-state index in [0.717, 1.165) is 57.8 Å². The summed E-state index contributed by atoms with van der Waals surface area (Å²) in [6.07, 6.45) is 36.1. The van der Waals surface area contributed by atoms with Crippen LogP contribution in [0.1, 0.15) is 155 Å². The second-order valence-electron chi connectivity index (χ2n) is 12.1. The van der Waals surface area contributed by atoms with Gasteiger partial charge in [-0.3, -0.25) is 9.59 Å². The number of hydrogen-bond donors (Lipinski definition) is 4. The Hall–Kier alpha value is -2.02. The molecule has 0 radical (unpaired) electrons. The van der Waals surface area contributed by atoms with Crippen LogP contribution in [0.3, 0.4) is 0 Å². The topological polar surface area (TPSA) is 107 Å². The van der Waals surface area contributed by atoms with Gasteiger partial charge in [0.2, 0.25) is 5.91 Å². The third-order valence-electron chi connectivity index (χ3n) is 7.91. The van der Waals surface area contributed by atoms with E-state index in [4.69, 9.17) is 0 Å². The Kier molecular flexibility index (Phi) is 30.9. The van der Waals surface area contributed by atoms with Gasteiger partial charge >= 0.3 is 0 Å². The van der Waals surface area contributed by atoms with Gasteiger partial charge in [0.25, 0.3) is 0 Å². The van der Waals surface area contributed by atoms with Crippen molar-refractivity contribution in [1.29, 1.82) is 0 Å². The zero-order chi connectivity index (χ0) is 32.5. The Morgan fingerprint density at radius 1 is 0.636 bits per heavy atom. The van der Waals surface area contributed by atoms with Crippen LogP contribution in [0, 0.1) is 0 Å².